The maximum Gasteiger partial charge on any atom is 0.284 e. The van der Waals surface area contributed by atoms with Gasteiger partial charge >= 0.3 is 0 Å². The number of amides is 1. The zero-order valence-electron chi connectivity index (χ0n) is 6.43. The Morgan fingerprint density at radius 1 is 1.69 bits per heavy atom. The summed E-state index contributed by atoms with van der Waals surface area (Å²) in [6.45, 7) is 0. The van der Waals surface area contributed by atoms with Crippen LogP contribution in [0.5, 0.6) is 0 Å². The van der Waals surface area contributed by atoms with Gasteiger partial charge in [0.1, 0.15) is 5.69 Å². The molecule has 0 atom stereocenters. The molecule has 7 nitrogen and oxygen atoms in total. The minimum absolute atomic E-state index is 0.0864. The molecule has 0 saturated heterocycles. The van der Waals surface area contributed by atoms with Crippen molar-refractivity contribution in [1.82, 2.24) is 10.4 Å². The topological polar surface area (TPSA) is 111 Å². The highest BCUT2D eigenvalue weighted by molar-refractivity contribution is 5.92. The highest BCUT2D eigenvalue weighted by atomic mass is 16.6. The summed E-state index contributed by atoms with van der Waals surface area (Å²) in [6, 6.07) is 2.23. The minimum Gasteiger partial charge on any atom is -0.289 e. The molecular formula is C6H6N4O3. The molecule has 0 saturated carbocycles. The van der Waals surface area contributed by atoms with Crippen molar-refractivity contribution in [2.24, 2.45) is 5.84 Å². The molecule has 0 fully saturated rings. The van der Waals surface area contributed by atoms with Crippen molar-refractivity contribution in [2.75, 3.05) is 0 Å². The Balaban J connectivity index is 3.05. The molecule has 1 heterocycles. The fourth-order valence-corrected chi connectivity index (χ4v) is 0.731. The largest absolute Gasteiger partial charge is 0.289 e. The van der Waals surface area contributed by atoms with Gasteiger partial charge in [-0.2, -0.15) is 0 Å². The molecule has 0 aliphatic rings. The first-order chi connectivity index (χ1) is 6.15. The van der Waals surface area contributed by atoms with Crippen LogP contribution >= 0.6 is 0 Å². The zero-order chi connectivity index (χ0) is 9.84. The lowest BCUT2D eigenvalue weighted by Crippen LogP contribution is -2.30. The molecule has 1 aromatic rings. The van der Waals surface area contributed by atoms with Crippen LogP contribution in [-0.4, -0.2) is 15.8 Å². The number of hydrazine groups is 1. The van der Waals surface area contributed by atoms with Crippen LogP contribution in [0.1, 0.15) is 10.5 Å². The maximum absolute atomic E-state index is 10.9. The van der Waals surface area contributed by atoms with Crippen molar-refractivity contribution < 1.29 is 9.72 Å². The number of nitrogens with one attached hydrogen (secondary N) is 1. The van der Waals surface area contributed by atoms with Gasteiger partial charge in [-0.15, -0.1) is 0 Å². The summed E-state index contributed by atoms with van der Waals surface area (Å²) in [4.78, 5) is 24.1. The van der Waals surface area contributed by atoms with Gasteiger partial charge in [0, 0.05) is 18.3 Å². The van der Waals surface area contributed by atoms with Gasteiger partial charge in [-0.3, -0.25) is 25.3 Å². The number of hydrogen-bond donors (Lipinski definition) is 2. The number of nitrogen functional groups attached to an aromatic ring is 1. The van der Waals surface area contributed by atoms with E-state index in [-0.39, 0.29) is 11.4 Å². The number of hydrogen-bond acceptors (Lipinski definition) is 5. The van der Waals surface area contributed by atoms with Crippen LogP contribution in [0.4, 0.5) is 5.69 Å². The molecule has 0 spiro atoms. The van der Waals surface area contributed by atoms with Crippen molar-refractivity contribution >= 4 is 11.6 Å². The van der Waals surface area contributed by atoms with E-state index in [0.717, 1.165) is 6.07 Å². The van der Waals surface area contributed by atoms with Crippen LogP contribution in [0.3, 0.4) is 0 Å². The number of carbonyl (C=O) groups excluding carboxylic acids is 1. The molecule has 0 aliphatic heterocycles. The second-order valence-corrected chi connectivity index (χ2v) is 2.13. The van der Waals surface area contributed by atoms with Gasteiger partial charge in [-0.1, -0.05) is 0 Å². The smallest absolute Gasteiger partial charge is 0.284 e. The Kier molecular flexibility index (Phi) is 2.50. The van der Waals surface area contributed by atoms with E-state index >= 15 is 0 Å². The summed E-state index contributed by atoms with van der Waals surface area (Å²) >= 11 is 0. The van der Waals surface area contributed by atoms with Crippen LogP contribution in [0, 0.1) is 10.1 Å². The molecule has 0 aromatic carbocycles. The van der Waals surface area contributed by atoms with Gasteiger partial charge in [-0.25, -0.2) is 5.84 Å². The van der Waals surface area contributed by atoms with Crippen molar-refractivity contribution in [1.29, 1.82) is 0 Å². The summed E-state index contributed by atoms with van der Waals surface area (Å²) in [6.07, 6.45) is 1.17. The summed E-state index contributed by atoms with van der Waals surface area (Å²) in [5.74, 6) is 4.16. The fraction of sp³-hybridized carbons (Fsp3) is 0. The van der Waals surface area contributed by atoms with Crippen molar-refractivity contribution in [2.45, 2.75) is 0 Å². The second kappa shape index (κ2) is 3.59. The highest BCUT2D eigenvalue weighted by Crippen LogP contribution is 2.09. The molecular weight excluding hydrogens is 176 g/mol. The molecule has 1 rings (SSSR count). The number of nitro groups is 1. The lowest BCUT2D eigenvalue weighted by atomic mass is 10.3. The van der Waals surface area contributed by atoms with Crippen LogP contribution in [0.2, 0.25) is 0 Å². The normalized spacial score (nSPS) is 9.31. The molecule has 0 unspecified atom stereocenters. The van der Waals surface area contributed by atoms with Crippen molar-refractivity contribution in [3.8, 4) is 0 Å². The predicted molar refractivity (Wildman–Crippen MR) is 42.5 cm³/mol. The Hall–Kier alpha value is -2.02. The molecule has 0 bridgehead atoms. The molecule has 7 heteroatoms. The van der Waals surface area contributed by atoms with Crippen LogP contribution in [0.25, 0.3) is 0 Å². The zero-order valence-corrected chi connectivity index (χ0v) is 6.43. The average Bonchev–Trinajstić information content (AvgIpc) is 2.17. The van der Waals surface area contributed by atoms with E-state index in [9.17, 15) is 14.9 Å². The third kappa shape index (κ3) is 1.97. The van der Waals surface area contributed by atoms with Gasteiger partial charge < -0.3 is 0 Å². The summed E-state index contributed by atoms with van der Waals surface area (Å²) in [7, 11) is 0. The van der Waals surface area contributed by atoms with E-state index < -0.39 is 10.8 Å². The Morgan fingerprint density at radius 3 is 2.92 bits per heavy atom. The lowest BCUT2D eigenvalue weighted by Gasteiger charge is -1.96. The number of aromatic nitrogens is 1. The third-order valence-electron chi connectivity index (χ3n) is 1.32. The van der Waals surface area contributed by atoms with Gasteiger partial charge in [-0.05, 0) is 0 Å². The first kappa shape index (κ1) is 9.07. The predicted octanol–water partition coefficient (Wildman–Crippen LogP) is -0.407. The number of pyridine rings is 1. The van der Waals surface area contributed by atoms with Crippen molar-refractivity contribution in [3.05, 3.63) is 34.1 Å². The van der Waals surface area contributed by atoms with E-state index in [4.69, 9.17) is 5.84 Å². The number of carbonyl (C=O) groups is 1. The summed E-state index contributed by atoms with van der Waals surface area (Å²) in [5.41, 5.74) is 1.54. The molecule has 13 heavy (non-hydrogen) atoms. The van der Waals surface area contributed by atoms with Crippen LogP contribution in [0.15, 0.2) is 18.3 Å². The SMILES string of the molecule is NNC(=O)c1cc([N+](=O)[O-])ccn1. The Bertz CT molecular complexity index is 351. The number of rotatable bonds is 2. The Labute approximate surface area is 72.7 Å². The van der Waals surface area contributed by atoms with Gasteiger partial charge in [0.2, 0.25) is 0 Å². The van der Waals surface area contributed by atoms with E-state index in [2.05, 4.69) is 4.98 Å². The van der Waals surface area contributed by atoms with Gasteiger partial charge in [0.25, 0.3) is 11.6 Å². The Morgan fingerprint density at radius 2 is 2.38 bits per heavy atom. The van der Waals surface area contributed by atoms with E-state index in [1.54, 1.807) is 0 Å². The summed E-state index contributed by atoms with van der Waals surface area (Å²) < 4.78 is 0. The monoisotopic (exact) mass is 182 g/mol. The highest BCUT2D eigenvalue weighted by Gasteiger charge is 2.11. The standard InChI is InChI=1S/C6H6N4O3/c7-9-6(11)5-3-4(10(12)13)1-2-8-5/h1-3H,7H2,(H,9,11). The van der Waals surface area contributed by atoms with E-state index in [1.807, 2.05) is 5.43 Å². The van der Waals surface area contributed by atoms with Crippen molar-refractivity contribution in [3.63, 3.8) is 0 Å². The third-order valence-corrected chi connectivity index (χ3v) is 1.32. The molecule has 1 amide bonds. The number of nitrogens with zero attached hydrogens (tertiary/aromatic N) is 2. The fourth-order valence-electron chi connectivity index (χ4n) is 0.731. The molecule has 1 aromatic heterocycles. The average molecular weight is 182 g/mol. The number of nitrogens with two attached hydrogens (primary N) is 1. The molecule has 0 radical (unpaired) electrons. The quantitative estimate of drug-likeness (QED) is 0.279. The minimum atomic E-state index is -0.663. The maximum atomic E-state index is 10.9. The molecule has 0 aliphatic carbocycles. The lowest BCUT2D eigenvalue weighted by molar-refractivity contribution is -0.385. The van der Waals surface area contributed by atoms with Gasteiger partial charge in [0.15, 0.2) is 0 Å². The second-order valence-electron chi connectivity index (χ2n) is 2.13. The first-order valence-corrected chi connectivity index (χ1v) is 3.26. The van der Waals surface area contributed by atoms with E-state index in [1.165, 1.54) is 12.3 Å². The molecule has 68 valence electrons. The first-order valence-electron chi connectivity index (χ1n) is 3.26. The van der Waals surface area contributed by atoms with E-state index in [0.29, 0.717) is 0 Å². The van der Waals surface area contributed by atoms with Crippen LogP contribution < -0.4 is 11.3 Å². The molecule has 3 N–H and O–H groups in total. The van der Waals surface area contributed by atoms with Gasteiger partial charge in [0.05, 0.1) is 4.92 Å². The summed E-state index contributed by atoms with van der Waals surface area (Å²) in [5, 5.41) is 10.3. The van der Waals surface area contributed by atoms with Crippen LogP contribution in [-0.2, 0) is 0 Å².